The van der Waals surface area contributed by atoms with Crippen LogP contribution in [0.5, 0.6) is 11.5 Å². The summed E-state index contributed by atoms with van der Waals surface area (Å²) in [7, 11) is 3.26. The third kappa shape index (κ3) is 2.74. The van der Waals surface area contributed by atoms with Crippen LogP contribution in [0.25, 0.3) is 11.0 Å². The lowest BCUT2D eigenvalue weighted by Crippen LogP contribution is -1.96. The average Bonchev–Trinajstić information content (AvgIpc) is 2.91. The first kappa shape index (κ1) is 13.9. The Hall–Kier alpha value is -2.01. The monoisotopic (exact) mass is 346 g/mol. The molecular weight excluding hydrogens is 332 g/mol. The molecule has 0 aliphatic heterocycles. The molecule has 5 heteroatoms. The summed E-state index contributed by atoms with van der Waals surface area (Å²) in [5.74, 6) is 2.34. The molecule has 4 nitrogen and oxygen atoms in total. The van der Waals surface area contributed by atoms with E-state index in [1.165, 1.54) is 0 Å². The highest BCUT2D eigenvalue weighted by Crippen LogP contribution is 2.34. The van der Waals surface area contributed by atoms with Gasteiger partial charge in [-0.25, -0.2) is 4.98 Å². The molecule has 1 aromatic heterocycles. The zero-order valence-corrected chi connectivity index (χ0v) is 13.4. The second-order valence-corrected chi connectivity index (χ2v) is 5.53. The summed E-state index contributed by atoms with van der Waals surface area (Å²) in [6, 6.07) is 11.9. The Morgan fingerprint density at radius 1 is 1.10 bits per heavy atom. The van der Waals surface area contributed by atoms with Crippen LogP contribution in [0, 0.1) is 0 Å². The number of imidazole rings is 1. The Balaban J connectivity index is 1.97. The number of para-hydroxylation sites is 2. The zero-order chi connectivity index (χ0) is 14.8. The van der Waals surface area contributed by atoms with Gasteiger partial charge in [-0.3, -0.25) is 0 Å². The molecule has 0 atom stereocenters. The second kappa shape index (κ2) is 5.77. The molecule has 21 heavy (non-hydrogen) atoms. The number of benzene rings is 2. The minimum atomic E-state index is 0.690. The third-order valence-electron chi connectivity index (χ3n) is 3.35. The molecule has 0 aliphatic rings. The topological polar surface area (TPSA) is 47.1 Å². The fourth-order valence-corrected chi connectivity index (χ4v) is 2.76. The van der Waals surface area contributed by atoms with Crippen molar-refractivity contribution in [3.63, 3.8) is 0 Å². The number of aromatic nitrogens is 2. The first-order chi connectivity index (χ1) is 10.2. The number of nitrogens with one attached hydrogen (secondary N) is 1. The number of methoxy groups -OCH3 is 2. The molecule has 0 radical (unpaired) electrons. The predicted octanol–water partition coefficient (Wildman–Crippen LogP) is 3.93. The highest BCUT2D eigenvalue weighted by atomic mass is 79.9. The number of rotatable bonds is 4. The van der Waals surface area contributed by atoms with Gasteiger partial charge in [-0.1, -0.05) is 28.1 Å². The molecule has 3 rings (SSSR count). The van der Waals surface area contributed by atoms with Crippen LogP contribution in [-0.2, 0) is 6.42 Å². The van der Waals surface area contributed by atoms with Crippen molar-refractivity contribution in [2.24, 2.45) is 0 Å². The summed E-state index contributed by atoms with van der Waals surface area (Å²) in [6.45, 7) is 0. The molecule has 1 heterocycles. The van der Waals surface area contributed by atoms with E-state index in [0.29, 0.717) is 17.9 Å². The van der Waals surface area contributed by atoms with E-state index in [2.05, 4.69) is 25.9 Å². The lowest BCUT2D eigenvalue weighted by atomic mass is 10.1. The van der Waals surface area contributed by atoms with E-state index in [0.717, 1.165) is 26.9 Å². The normalized spacial score (nSPS) is 10.8. The smallest absolute Gasteiger partial charge is 0.161 e. The van der Waals surface area contributed by atoms with Crippen molar-refractivity contribution in [1.82, 2.24) is 9.97 Å². The maximum atomic E-state index is 5.35. The van der Waals surface area contributed by atoms with Crippen LogP contribution in [-0.4, -0.2) is 24.2 Å². The van der Waals surface area contributed by atoms with Crippen LogP contribution < -0.4 is 9.47 Å². The van der Waals surface area contributed by atoms with Crippen molar-refractivity contribution < 1.29 is 9.47 Å². The average molecular weight is 347 g/mol. The first-order valence-corrected chi connectivity index (χ1v) is 7.34. The fourth-order valence-electron chi connectivity index (χ4n) is 2.30. The van der Waals surface area contributed by atoms with Crippen molar-refractivity contribution in [1.29, 1.82) is 0 Å². The summed E-state index contributed by atoms with van der Waals surface area (Å²) >= 11 is 3.58. The van der Waals surface area contributed by atoms with Crippen LogP contribution in [0.15, 0.2) is 40.9 Å². The highest BCUT2D eigenvalue weighted by Gasteiger charge is 2.11. The summed E-state index contributed by atoms with van der Waals surface area (Å²) < 4.78 is 11.6. The zero-order valence-electron chi connectivity index (χ0n) is 11.8. The maximum absolute atomic E-state index is 5.35. The van der Waals surface area contributed by atoms with Crippen LogP contribution in [0.3, 0.4) is 0 Å². The summed E-state index contributed by atoms with van der Waals surface area (Å²) in [5.41, 5.74) is 3.11. The number of halogens is 1. The SMILES string of the molecule is COc1cc(Br)c(Cc2nc3ccccc3[nH]2)cc1OC. The number of nitrogens with zero attached hydrogens (tertiary/aromatic N) is 1. The molecular formula is C16H15BrN2O2. The largest absolute Gasteiger partial charge is 0.493 e. The van der Waals surface area contributed by atoms with Crippen molar-refractivity contribution in [2.75, 3.05) is 14.2 Å². The van der Waals surface area contributed by atoms with E-state index >= 15 is 0 Å². The minimum absolute atomic E-state index is 0.690. The Kier molecular flexibility index (Phi) is 3.84. The number of hydrogen-bond acceptors (Lipinski definition) is 3. The molecule has 0 amide bonds. The Morgan fingerprint density at radius 2 is 1.81 bits per heavy atom. The van der Waals surface area contributed by atoms with Gasteiger partial charge in [0.15, 0.2) is 11.5 Å². The van der Waals surface area contributed by atoms with E-state index in [1.54, 1.807) is 14.2 Å². The number of hydrogen-bond donors (Lipinski definition) is 1. The number of ether oxygens (including phenoxy) is 2. The van der Waals surface area contributed by atoms with Gasteiger partial charge in [0.05, 0.1) is 25.3 Å². The van der Waals surface area contributed by atoms with E-state index in [1.807, 2.05) is 36.4 Å². The summed E-state index contributed by atoms with van der Waals surface area (Å²) in [6.07, 6.45) is 0.690. The van der Waals surface area contributed by atoms with Crippen LogP contribution >= 0.6 is 15.9 Å². The van der Waals surface area contributed by atoms with Crippen molar-refractivity contribution in [2.45, 2.75) is 6.42 Å². The molecule has 1 N–H and O–H groups in total. The van der Waals surface area contributed by atoms with E-state index in [9.17, 15) is 0 Å². The molecule has 0 spiro atoms. The van der Waals surface area contributed by atoms with Gasteiger partial charge in [-0.2, -0.15) is 0 Å². The van der Waals surface area contributed by atoms with Gasteiger partial charge in [-0.15, -0.1) is 0 Å². The quantitative estimate of drug-likeness (QED) is 0.778. The van der Waals surface area contributed by atoms with Crippen LogP contribution in [0.2, 0.25) is 0 Å². The van der Waals surface area contributed by atoms with Gasteiger partial charge in [0.1, 0.15) is 5.82 Å². The van der Waals surface area contributed by atoms with Gasteiger partial charge >= 0.3 is 0 Å². The van der Waals surface area contributed by atoms with E-state index < -0.39 is 0 Å². The predicted molar refractivity (Wildman–Crippen MR) is 86.1 cm³/mol. The van der Waals surface area contributed by atoms with Gasteiger partial charge in [0, 0.05) is 10.9 Å². The molecule has 0 fully saturated rings. The minimum Gasteiger partial charge on any atom is -0.493 e. The van der Waals surface area contributed by atoms with Crippen LogP contribution in [0.4, 0.5) is 0 Å². The molecule has 0 bridgehead atoms. The molecule has 0 saturated heterocycles. The molecule has 108 valence electrons. The first-order valence-electron chi connectivity index (χ1n) is 6.55. The lowest BCUT2D eigenvalue weighted by molar-refractivity contribution is 0.354. The highest BCUT2D eigenvalue weighted by molar-refractivity contribution is 9.10. The molecule has 3 aromatic rings. The maximum Gasteiger partial charge on any atom is 0.161 e. The van der Waals surface area contributed by atoms with Gasteiger partial charge in [-0.05, 0) is 29.8 Å². The number of fused-ring (bicyclic) bond motifs is 1. The number of H-pyrrole nitrogens is 1. The third-order valence-corrected chi connectivity index (χ3v) is 4.09. The van der Waals surface area contributed by atoms with Gasteiger partial charge in [0.2, 0.25) is 0 Å². The molecule has 2 aromatic carbocycles. The Bertz CT molecular complexity index is 750. The number of aromatic amines is 1. The van der Waals surface area contributed by atoms with Crippen molar-refractivity contribution in [3.05, 3.63) is 52.3 Å². The van der Waals surface area contributed by atoms with Crippen molar-refractivity contribution in [3.8, 4) is 11.5 Å². The molecule has 0 aliphatic carbocycles. The van der Waals surface area contributed by atoms with E-state index in [-0.39, 0.29) is 0 Å². The molecule has 0 unspecified atom stereocenters. The standard InChI is InChI=1S/C16H15BrN2O2/c1-20-14-7-10(11(17)9-15(14)21-2)8-16-18-12-5-3-4-6-13(12)19-16/h3-7,9H,8H2,1-2H3,(H,18,19). The Labute approximate surface area is 131 Å². The van der Waals surface area contributed by atoms with Crippen molar-refractivity contribution >= 4 is 27.0 Å². The fraction of sp³-hybridized carbons (Fsp3) is 0.188. The van der Waals surface area contributed by atoms with Gasteiger partial charge < -0.3 is 14.5 Å². The molecule has 0 saturated carbocycles. The summed E-state index contributed by atoms with van der Waals surface area (Å²) in [5, 5.41) is 0. The lowest BCUT2D eigenvalue weighted by Gasteiger charge is -2.11. The van der Waals surface area contributed by atoms with Crippen LogP contribution in [0.1, 0.15) is 11.4 Å². The Morgan fingerprint density at radius 3 is 2.52 bits per heavy atom. The second-order valence-electron chi connectivity index (χ2n) is 4.68. The van der Waals surface area contributed by atoms with Gasteiger partial charge in [0.25, 0.3) is 0 Å². The summed E-state index contributed by atoms with van der Waals surface area (Å²) in [4.78, 5) is 7.93. The van der Waals surface area contributed by atoms with E-state index in [4.69, 9.17) is 9.47 Å².